The third-order valence-corrected chi connectivity index (χ3v) is 3.67. The van der Waals surface area contributed by atoms with Crippen molar-refractivity contribution in [2.75, 3.05) is 12.0 Å². The molecule has 0 saturated heterocycles. The number of hydrogen-bond acceptors (Lipinski definition) is 7. The Kier molecular flexibility index (Phi) is 10.2. The molecular formula is C13H23N5O6S. The quantitative estimate of drug-likeness (QED) is 0.204. The zero-order chi connectivity index (χ0) is 19.6. The Labute approximate surface area is 148 Å². The van der Waals surface area contributed by atoms with Gasteiger partial charge >= 0.3 is 5.97 Å². The van der Waals surface area contributed by atoms with Gasteiger partial charge in [0.15, 0.2) is 0 Å². The Morgan fingerprint density at radius 2 is 1.44 bits per heavy atom. The topological polar surface area (TPSA) is 208 Å². The van der Waals surface area contributed by atoms with Crippen molar-refractivity contribution in [2.45, 2.75) is 37.4 Å². The van der Waals surface area contributed by atoms with Crippen LogP contribution in [0.15, 0.2) is 0 Å². The molecule has 3 atom stereocenters. The van der Waals surface area contributed by atoms with Gasteiger partial charge in [0.25, 0.3) is 0 Å². The van der Waals surface area contributed by atoms with Gasteiger partial charge in [-0.2, -0.15) is 11.8 Å². The lowest BCUT2D eigenvalue weighted by Crippen LogP contribution is -2.55. The summed E-state index contributed by atoms with van der Waals surface area (Å²) in [5.74, 6) is -4.38. The molecule has 0 aromatic carbocycles. The number of rotatable bonds is 12. The maximum Gasteiger partial charge on any atom is 0.326 e. The number of thioether (sulfide) groups is 1. The van der Waals surface area contributed by atoms with Crippen LogP contribution in [0.1, 0.15) is 19.3 Å². The van der Waals surface area contributed by atoms with Gasteiger partial charge in [0.2, 0.25) is 23.6 Å². The number of nitrogens with one attached hydrogen (secondary N) is 2. The molecule has 0 rings (SSSR count). The van der Waals surface area contributed by atoms with E-state index < -0.39 is 60.6 Å². The molecule has 142 valence electrons. The smallest absolute Gasteiger partial charge is 0.326 e. The maximum atomic E-state index is 12.2. The zero-order valence-electron chi connectivity index (χ0n) is 13.7. The minimum Gasteiger partial charge on any atom is -0.480 e. The molecule has 0 radical (unpaired) electrons. The molecule has 0 fully saturated rings. The molecule has 11 nitrogen and oxygen atoms in total. The molecule has 0 heterocycles. The van der Waals surface area contributed by atoms with E-state index in [1.165, 1.54) is 11.8 Å². The van der Waals surface area contributed by atoms with Crippen LogP contribution < -0.4 is 27.8 Å². The van der Waals surface area contributed by atoms with E-state index in [0.29, 0.717) is 12.2 Å². The van der Waals surface area contributed by atoms with Crippen LogP contribution >= 0.6 is 11.8 Å². The standard InChI is InChI=1S/C13H23N5O6S/c1-25-3-2-6(14)11(21)17-7(4-9(15)19)12(22)18-8(13(23)24)5-10(16)20/h6-8H,2-5,14H2,1H3,(H2,15,19)(H2,16,20)(H,17,21)(H,18,22)(H,23,24)/t6-,7-,8-/m0/s1. The Balaban J connectivity index is 5.02. The fourth-order valence-electron chi connectivity index (χ4n) is 1.74. The molecule has 0 bridgehead atoms. The molecular weight excluding hydrogens is 354 g/mol. The number of carbonyl (C=O) groups excluding carboxylic acids is 4. The Hall–Kier alpha value is -2.34. The summed E-state index contributed by atoms with van der Waals surface area (Å²) >= 11 is 1.48. The Bertz CT molecular complexity index is 529. The highest BCUT2D eigenvalue weighted by Crippen LogP contribution is 2.01. The first-order valence-corrected chi connectivity index (χ1v) is 8.62. The van der Waals surface area contributed by atoms with Gasteiger partial charge in [0.05, 0.1) is 18.9 Å². The number of aliphatic carboxylic acids is 1. The van der Waals surface area contributed by atoms with Crippen molar-refractivity contribution < 1.29 is 29.1 Å². The van der Waals surface area contributed by atoms with E-state index in [-0.39, 0.29) is 0 Å². The van der Waals surface area contributed by atoms with Gasteiger partial charge in [-0.25, -0.2) is 4.79 Å². The predicted molar refractivity (Wildman–Crippen MR) is 90.1 cm³/mol. The van der Waals surface area contributed by atoms with Gasteiger partial charge in [-0.1, -0.05) is 0 Å². The molecule has 12 heteroatoms. The lowest BCUT2D eigenvalue weighted by molar-refractivity contribution is -0.143. The van der Waals surface area contributed by atoms with Crippen LogP contribution in [-0.2, 0) is 24.0 Å². The van der Waals surface area contributed by atoms with Crippen molar-refractivity contribution in [3.63, 3.8) is 0 Å². The summed E-state index contributed by atoms with van der Waals surface area (Å²) in [6, 6.07) is -3.92. The van der Waals surface area contributed by atoms with Gasteiger partial charge in [0, 0.05) is 0 Å². The largest absolute Gasteiger partial charge is 0.480 e. The first kappa shape index (κ1) is 22.7. The van der Waals surface area contributed by atoms with Crippen LogP contribution in [0.5, 0.6) is 0 Å². The molecule has 0 aromatic heterocycles. The van der Waals surface area contributed by atoms with Crippen LogP contribution in [-0.4, -0.2) is 64.8 Å². The van der Waals surface area contributed by atoms with Gasteiger partial charge < -0.3 is 32.9 Å². The van der Waals surface area contributed by atoms with Gasteiger partial charge in [0.1, 0.15) is 12.1 Å². The lowest BCUT2D eigenvalue weighted by Gasteiger charge is -2.21. The van der Waals surface area contributed by atoms with E-state index >= 15 is 0 Å². The van der Waals surface area contributed by atoms with Crippen molar-refractivity contribution in [3.05, 3.63) is 0 Å². The van der Waals surface area contributed by atoms with E-state index in [1.807, 2.05) is 11.6 Å². The summed E-state index contributed by atoms with van der Waals surface area (Å²) < 4.78 is 0. The highest BCUT2D eigenvalue weighted by Gasteiger charge is 2.29. The molecule has 25 heavy (non-hydrogen) atoms. The van der Waals surface area contributed by atoms with Crippen LogP contribution in [0.2, 0.25) is 0 Å². The van der Waals surface area contributed by atoms with Crippen LogP contribution in [0.3, 0.4) is 0 Å². The van der Waals surface area contributed by atoms with Crippen molar-refractivity contribution in [2.24, 2.45) is 17.2 Å². The number of carboxylic acid groups (broad SMARTS) is 1. The normalized spacial score (nSPS) is 14.0. The third-order valence-electron chi connectivity index (χ3n) is 3.03. The molecule has 0 spiro atoms. The summed E-state index contributed by atoms with van der Waals surface area (Å²) in [4.78, 5) is 57.1. The minimum atomic E-state index is -1.59. The fourth-order valence-corrected chi connectivity index (χ4v) is 2.23. The summed E-state index contributed by atoms with van der Waals surface area (Å²) in [7, 11) is 0. The predicted octanol–water partition coefficient (Wildman–Crippen LogP) is -3.13. The minimum absolute atomic E-state index is 0.345. The summed E-state index contributed by atoms with van der Waals surface area (Å²) in [6.07, 6.45) is 0.970. The first-order chi connectivity index (χ1) is 11.6. The summed E-state index contributed by atoms with van der Waals surface area (Å²) in [5.41, 5.74) is 15.6. The van der Waals surface area contributed by atoms with E-state index in [4.69, 9.17) is 22.3 Å². The van der Waals surface area contributed by atoms with Crippen LogP contribution in [0.25, 0.3) is 0 Å². The average molecular weight is 377 g/mol. The van der Waals surface area contributed by atoms with Crippen molar-refractivity contribution >= 4 is 41.4 Å². The summed E-state index contributed by atoms with van der Waals surface area (Å²) in [5, 5.41) is 13.3. The second-order valence-electron chi connectivity index (χ2n) is 5.19. The van der Waals surface area contributed by atoms with Crippen LogP contribution in [0, 0.1) is 0 Å². The zero-order valence-corrected chi connectivity index (χ0v) is 14.5. The molecule has 0 saturated carbocycles. The maximum absolute atomic E-state index is 12.2. The number of primary amides is 2. The molecule has 0 aromatic rings. The summed E-state index contributed by atoms with van der Waals surface area (Å²) in [6.45, 7) is 0. The second-order valence-corrected chi connectivity index (χ2v) is 6.18. The van der Waals surface area contributed by atoms with Crippen molar-refractivity contribution in [3.8, 4) is 0 Å². The number of carboxylic acids is 1. The highest BCUT2D eigenvalue weighted by atomic mass is 32.2. The van der Waals surface area contributed by atoms with E-state index in [1.54, 1.807) is 0 Å². The number of hydrogen-bond donors (Lipinski definition) is 6. The van der Waals surface area contributed by atoms with E-state index in [9.17, 15) is 24.0 Å². The lowest BCUT2D eigenvalue weighted by atomic mass is 10.1. The van der Waals surface area contributed by atoms with Gasteiger partial charge in [-0.3, -0.25) is 19.2 Å². The third kappa shape index (κ3) is 9.52. The molecule has 9 N–H and O–H groups in total. The highest BCUT2D eigenvalue weighted by molar-refractivity contribution is 7.98. The Morgan fingerprint density at radius 1 is 0.960 bits per heavy atom. The molecule has 0 aliphatic carbocycles. The number of nitrogens with two attached hydrogens (primary N) is 3. The molecule has 0 unspecified atom stereocenters. The van der Waals surface area contributed by atoms with Crippen molar-refractivity contribution in [1.82, 2.24) is 10.6 Å². The van der Waals surface area contributed by atoms with Crippen molar-refractivity contribution in [1.29, 1.82) is 0 Å². The monoisotopic (exact) mass is 377 g/mol. The van der Waals surface area contributed by atoms with Gasteiger partial charge in [-0.15, -0.1) is 0 Å². The molecule has 4 amide bonds. The second kappa shape index (κ2) is 11.3. The van der Waals surface area contributed by atoms with Gasteiger partial charge in [-0.05, 0) is 18.4 Å². The van der Waals surface area contributed by atoms with Crippen LogP contribution in [0.4, 0.5) is 0 Å². The fraction of sp³-hybridized carbons (Fsp3) is 0.615. The average Bonchev–Trinajstić information content (AvgIpc) is 2.49. The SMILES string of the molecule is CSCC[C@H](N)C(=O)N[C@@H](CC(N)=O)C(=O)N[C@@H](CC(N)=O)C(=O)O. The first-order valence-electron chi connectivity index (χ1n) is 7.23. The molecule has 0 aliphatic rings. The number of amides is 4. The Morgan fingerprint density at radius 3 is 1.88 bits per heavy atom. The number of carbonyl (C=O) groups is 5. The van der Waals surface area contributed by atoms with E-state index in [0.717, 1.165) is 0 Å². The molecule has 0 aliphatic heterocycles. The van der Waals surface area contributed by atoms with E-state index in [2.05, 4.69) is 5.32 Å².